The van der Waals surface area contributed by atoms with Crippen molar-refractivity contribution in [3.05, 3.63) is 59.7 Å². The lowest BCUT2D eigenvalue weighted by atomic mass is 9.80. The van der Waals surface area contributed by atoms with E-state index >= 15 is 0 Å². The van der Waals surface area contributed by atoms with Gasteiger partial charge >= 0.3 is 12.1 Å². The fraction of sp³-hybridized carbons (Fsp3) is 0.348. The molecule has 2 aromatic rings. The Balaban J connectivity index is 1.41. The van der Waals surface area contributed by atoms with Gasteiger partial charge in [-0.3, -0.25) is 10.1 Å². The van der Waals surface area contributed by atoms with Crippen LogP contribution in [-0.2, 0) is 11.3 Å². The van der Waals surface area contributed by atoms with Crippen molar-refractivity contribution in [1.29, 1.82) is 0 Å². The van der Waals surface area contributed by atoms with E-state index in [1.165, 1.54) is 0 Å². The first-order valence-electron chi connectivity index (χ1n) is 10.3. The highest BCUT2D eigenvalue weighted by Crippen LogP contribution is 2.38. The van der Waals surface area contributed by atoms with Crippen LogP contribution in [0.1, 0.15) is 43.2 Å². The summed E-state index contributed by atoms with van der Waals surface area (Å²) in [6.45, 7) is 2.30. The predicted molar refractivity (Wildman–Crippen MR) is 115 cm³/mol. The molecular weight excluding hydrogens is 380 g/mol. The van der Waals surface area contributed by atoms with E-state index in [9.17, 15) is 14.4 Å². The van der Waals surface area contributed by atoms with Crippen LogP contribution in [-0.4, -0.2) is 28.4 Å². The minimum atomic E-state index is -0.709. The summed E-state index contributed by atoms with van der Waals surface area (Å²) in [5.74, 6) is -0.168. The van der Waals surface area contributed by atoms with Gasteiger partial charge in [0.2, 0.25) is 0 Å². The van der Waals surface area contributed by atoms with Crippen LogP contribution in [0.4, 0.5) is 21.0 Å². The number of hydrogen-bond donors (Lipinski definition) is 3. The van der Waals surface area contributed by atoms with Crippen molar-refractivity contribution in [2.24, 2.45) is 0 Å². The van der Waals surface area contributed by atoms with Crippen molar-refractivity contribution >= 4 is 29.3 Å². The van der Waals surface area contributed by atoms with Crippen molar-refractivity contribution in [3.63, 3.8) is 0 Å². The molecule has 1 heterocycles. The highest BCUT2D eigenvalue weighted by Gasteiger charge is 2.52. The predicted octanol–water partition coefficient (Wildman–Crippen LogP) is 4.39. The first kappa shape index (κ1) is 19.9. The van der Waals surface area contributed by atoms with Crippen molar-refractivity contribution in [3.8, 4) is 0 Å². The number of imide groups is 1. The van der Waals surface area contributed by atoms with Gasteiger partial charge in [-0.1, -0.05) is 49.6 Å². The molecule has 1 saturated carbocycles. The van der Waals surface area contributed by atoms with Crippen LogP contribution in [0, 0.1) is 6.92 Å². The summed E-state index contributed by atoms with van der Waals surface area (Å²) in [5.41, 5.74) is 2.60. The Morgan fingerprint density at radius 3 is 2.40 bits per heavy atom. The minimum absolute atomic E-state index is 0.168. The number of para-hydroxylation sites is 1. The van der Waals surface area contributed by atoms with Gasteiger partial charge in [0.15, 0.2) is 0 Å². The number of nitrogens with zero attached hydrogens (tertiary/aromatic N) is 1. The van der Waals surface area contributed by atoms with Gasteiger partial charge in [-0.2, -0.15) is 0 Å². The molecule has 4 rings (SSSR count). The number of aryl methyl sites for hydroxylation is 1. The average molecular weight is 406 g/mol. The van der Waals surface area contributed by atoms with Gasteiger partial charge in [-0.15, -0.1) is 0 Å². The fourth-order valence-corrected chi connectivity index (χ4v) is 4.33. The van der Waals surface area contributed by atoms with Gasteiger partial charge in [0.25, 0.3) is 5.91 Å². The van der Waals surface area contributed by atoms with Gasteiger partial charge in [0, 0.05) is 17.9 Å². The van der Waals surface area contributed by atoms with E-state index < -0.39 is 5.54 Å². The molecule has 2 fully saturated rings. The zero-order valence-corrected chi connectivity index (χ0v) is 17.0. The molecule has 5 amide bonds. The second-order valence-electron chi connectivity index (χ2n) is 8.03. The molecule has 1 saturated heterocycles. The highest BCUT2D eigenvalue weighted by atomic mass is 16.2. The number of nitrogens with one attached hydrogen (secondary N) is 3. The van der Waals surface area contributed by atoms with E-state index in [0.29, 0.717) is 25.1 Å². The number of urea groups is 2. The molecule has 1 aliphatic heterocycles. The first-order valence-corrected chi connectivity index (χ1v) is 10.3. The number of carbonyl (C=O) groups is 3. The van der Waals surface area contributed by atoms with Crippen molar-refractivity contribution < 1.29 is 14.4 Å². The molecule has 3 N–H and O–H groups in total. The standard InChI is InChI=1S/C23H26N4O3/c1-16-7-3-4-8-19(16)25-21(29)24-18-11-9-17(10-12-18)15-27-22(30)26-20(28)23(27)13-5-2-6-14-23/h3-4,7-12H,2,5-6,13-15H2,1H3,(H2,24,25,29)(H,26,28,30). The number of carbonyl (C=O) groups excluding carboxylic acids is 3. The molecule has 0 atom stereocenters. The van der Waals surface area contributed by atoms with E-state index in [-0.39, 0.29) is 18.0 Å². The van der Waals surface area contributed by atoms with E-state index in [2.05, 4.69) is 16.0 Å². The Morgan fingerprint density at radius 2 is 1.70 bits per heavy atom. The molecule has 1 aliphatic carbocycles. The zero-order valence-electron chi connectivity index (χ0n) is 17.0. The molecule has 1 spiro atoms. The van der Waals surface area contributed by atoms with Gasteiger partial charge in [0.05, 0.1) is 0 Å². The quantitative estimate of drug-likeness (QED) is 0.658. The molecule has 156 valence electrons. The number of rotatable bonds is 4. The van der Waals surface area contributed by atoms with E-state index in [1.807, 2.05) is 43.3 Å². The molecule has 7 heteroatoms. The third-order valence-corrected chi connectivity index (χ3v) is 6.03. The summed E-state index contributed by atoms with van der Waals surface area (Å²) < 4.78 is 0. The summed E-state index contributed by atoms with van der Waals surface area (Å²) >= 11 is 0. The second-order valence-corrected chi connectivity index (χ2v) is 8.03. The average Bonchev–Trinajstić information content (AvgIpc) is 2.95. The summed E-state index contributed by atoms with van der Waals surface area (Å²) in [4.78, 5) is 38.8. The monoisotopic (exact) mass is 406 g/mol. The van der Waals surface area contributed by atoms with Crippen LogP contribution in [0.3, 0.4) is 0 Å². The maximum Gasteiger partial charge on any atom is 0.325 e. The van der Waals surface area contributed by atoms with Crippen LogP contribution in [0.5, 0.6) is 0 Å². The summed E-state index contributed by atoms with van der Waals surface area (Å²) in [6, 6.07) is 14.3. The maximum atomic E-state index is 12.5. The highest BCUT2D eigenvalue weighted by molar-refractivity contribution is 6.07. The van der Waals surface area contributed by atoms with Crippen LogP contribution in [0.25, 0.3) is 0 Å². The Morgan fingerprint density at radius 1 is 1.00 bits per heavy atom. The third-order valence-electron chi connectivity index (χ3n) is 6.03. The van der Waals surface area contributed by atoms with Gasteiger partial charge in [-0.25, -0.2) is 9.59 Å². The lowest BCUT2D eigenvalue weighted by molar-refractivity contribution is -0.128. The Labute approximate surface area is 175 Å². The number of amides is 5. The van der Waals surface area contributed by atoms with E-state index in [0.717, 1.165) is 36.1 Å². The van der Waals surface area contributed by atoms with Gasteiger partial charge < -0.3 is 15.5 Å². The first-order chi connectivity index (χ1) is 14.5. The third kappa shape index (κ3) is 3.87. The molecule has 30 heavy (non-hydrogen) atoms. The molecule has 7 nitrogen and oxygen atoms in total. The summed E-state index contributed by atoms with van der Waals surface area (Å²) in [5, 5.41) is 8.14. The van der Waals surface area contributed by atoms with Crippen molar-refractivity contribution in [2.45, 2.75) is 51.1 Å². The lowest BCUT2D eigenvalue weighted by Crippen LogP contribution is -2.50. The molecule has 2 aromatic carbocycles. The summed E-state index contributed by atoms with van der Waals surface area (Å²) in [6.07, 6.45) is 4.43. The van der Waals surface area contributed by atoms with Gasteiger partial charge in [-0.05, 0) is 49.1 Å². The van der Waals surface area contributed by atoms with Crippen LogP contribution >= 0.6 is 0 Å². The molecule has 0 aromatic heterocycles. The number of anilines is 2. The fourth-order valence-electron chi connectivity index (χ4n) is 4.33. The SMILES string of the molecule is Cc1ccccc1NC(=O)Nc1ccc(CN2C(=O)NC(=O)C23CCCCC3)cc1. The van der Waals surface area contributed by atoms with Crippen LogP contribution in [0.15, 0.2) is 48.5 Å². The second kappa shape index (κ2) is 8.18. The lowest BCUT2D eigenvalue weighted by Gasteiger charge is -2.38. The molecule has 0 bridgehead atoms. The zero-order chi connectivity index (χ0) is 21.1. The largest absolute Gasteiger partial charge is 0.325 e. The van der Waals surface area contributed by atoms with Gasteiger partial charge in [0.1, 0.15) is 5.54 Å². The smallest absolute Gasteiger partial charge is 0.308 e. The number of benzene rings is 2. The minimum Gasteiger partial charge on any atom is -0.308 e. The Hall–Kier alpha value is -3.35. The van der Waals surface area contributed by atoms with Crippen molar-refractivity contribution in [1.82, 2.24) is 10.2 Å². The summed E-state index contributed by atoms with van der Waals surface area (Å²) in [7, 11) is 0. The maximum absolute atomic E-state index is 12.5. The molecular formula is C23H26N4O3. The Kier molecular flexibility index (Phi) is 5.44. The Bertz CT molecular complexity index is 965. The number of hydrogen-bond acceptors (Lipinski definition) is 3. The normalized spacial score (nSPS) is 17.7. The van der Waals surface area contributed by atoms with Crippen molar-refractivity contribution in [2.75, 3.05) is 10.6 Å². The van der Waals surface area contributed by atoms with Crippen LogP contribution in [0.2, 0.25) is 0 Å². The topological polar surface area (TPSA) is 90.5 Å². The van der Waals surface area contributed by atoms with E-state index in [1.54, 1.807) is 17.0 Å². The molecule has 0 radical (unpaired) electrons. The molecule has 0 unspecified atom stereocenters. The molecule has 2 aliphatic rings. The van der Waals surface area contributed by atoms with E-state index in [4.69, 9.17) is 0 Å². The van der Waals surface area contributed by atoms with Crippen LogP contribution < -0.4 is 16.0 Å².